The standard InChI is InChI=1S/C29H27FN4O3/c1-17(2)33-13-12-31-26(33)24-6-5-7-25(32-24)34-16-20-9-8-18(14-21(20)27(34)35)19-10-11-22(23(30)15-19)29(3,4)28(36)37/h5-15,17H,16H2,1-4H3,(H,36,37). The monoisotopic (exact) mass is 498 g/mol. The van der Waals surface area contributed by atoms with Gasteiger partial charge in [0.1, 0.15) is 17.3 Å². The van der Waals surface area contributed by atoms with Crippen molar-refractivity contribution in [1.82, 2.24) is 14.5 Å². The van der Waals surface area contributed by atoms with Crippen LogP contribution in [0.4, 0.5) is 10.2 Å². The van der Waals surface area contributed by atoms with Crippen molar-refractivity contribution in [1.29, 1.82) is 0 Å². The molecule has 37 heavy (non-hydrogen) atoms. The van der Waals surface area contributed by atoms with E-state index in [1.807, 2.05) is 35.0 Å². The van der Waals surface area contributed by atoms with Crippen LogP contribution in [-0.4, -0.2) is 31.5 Å². The Morgan fingerprint density at radius 3 is 2.51 bits per heavy atom. The molecule has 0 saturated carbocycles. The zero-order chi connectivity index (χ0) is 26.5. The number of aliphatic carboxylic acids is 1. The lowest BCUT2D eigenvalue weighted by Crippen LogP contribution is -2.29. The van der Waals surface area contributed by atoms with E-state index in [4.69, 9.17) is 4.98 Å². The van der Waals surface area contributed by atoms with E-state index in [-0.39, 0.29) is 17.5 Å². The molecule has 3 heterocycles. The predicted octanol–water partition coefficient (Wildman–Crippen LogP) is 5.85. The molecule has 188 valence electrons. The minimum Gasteiger partial charge on any atom is -0.481 e. The lowest BCUT2D eigenvalue weighted by atomic mass is 9.83. The van der Waals surface area contributed by atoms with Gasteiger partial charge in [0.05, 0.1) is 12.0 Å². The molecule has 0 spiro atoms. The third-order valence-corrected chi connectivity index (χ3v) is 6.89. The Bertz CT molecular complexity index is 1540. The molecule has 0 aliphatic carbocycles. The van der Waals surface area contributed by atoms with Crippen molar-refractivity contribution in [2.75, 3.05) is 4.90 Å². The average molecular weight is 499 g/mol. The minimum absolute atomic E-state index is 0.108. The van der Waals surface area contributed by atoms with Crippen molar-refractivity contribution in [2.24, 2.45) is 0 Å². The molecule has 1 N–H and O–H groups in total. The van der Waals surface area contributed by atoms with Crippen LogP contribution in [0.1, 0.15) is 55.2 Å². The van der Waals surface area contributed by atoms with E-state index in [9.17, 15) is 19.1 Å². The Morgan fingerprint density at radius 2 is 1.81 bits per heavy atom. The SMILES string of the molecule is CC(C)n1ccnc1-c1cccc(N2Cc3ccc(-c4ccc(C(C)(C)C(=O)O)c(F)c4)cc3C2=O)n1. The molecule has 1 aliphatic rings. The number of aromatic nitrogens is 3. The fourth-order valence-electron chi connectivity index (χ4n) is 4.61. The molecule has 2 aromatic carbocycles. The van der Waals surface area contributed by atoms with Crippen LogP contribution in [0.15, 0.2) is 67.0 Å². The largest absolute Gasteiger partial charge is 0.481 e. The number of nitrogens with zero attached hydrogens (tertiary/aromatic N) is 4. The second-order valence-corrected chi connectivity index (χ2v) is 10.0. The van der Waals surface area contributed by atoms with Crippen LogP contribution in [0.3, 0.4) is 0 Å². The molecule has 5 rings (SSSR count). The Balaban J connectivity index is 1.45. The number of hydrogen-bond acceptors (Lipinski definition) is 4. The number of pyridine rings is 1. The summed E-state index contributed by atoms with van der Waals surface area (Å²) in [6, 6.07) is 15.7. The normalized spacial score (nSPS) is 13.4. The lowest BCUT2D eigenvalue weighted by molar-refractivity contribution is -0.142. The van der Waals surface area contributed by atoms with Crippen molar-refractivity contribution < 1.29 is 19.1 Å². The first-order chi connectivity index (χ1) is 17.6. The Labute approximate surface area is 214 Å². The molecule has 0 radical (unpaired) electrons. The number of carboxylic acid groups (broad SMARTS) is 1. The van der Waals surface area contributed by atoms with Crippen molar-refractivity contribution in [3.05, 3.63) is 89.5 Å². The smallest absolute Gasteiger partial charge is 0.313 e. The van der Waals surface area contributed by atoms with Gasteiger partial charge < -0.3 is 9.67 Å². The quantitative estimate of drug-likeness (QED) is 0.360. The Kier molecular flexibility index (Phi) is 5.90. The van der Waals surface area contributed by atoms with Crippen LogP contribution in [0, 0.1) is 5.82 Å². The van der Waals surface area contributed by atoms with Gasteiger partial charge >= 0.3 is 5.97 Å². The number of amides is 1. The zero-order valence-electron chi connectivity index (χ0n) is 21.1. The zero-order valence-corrected chi connectivity index (χ0v) is 21.1. The number of carboxylic acids is 1. The second-order valence-electron chi connectivity index (χ2n) is 10.0. The maximum absolute atomic E-state index is 14.9. The summed E-state index contributed by atoms with van der Waals surface area (Å²) in [5, 5.41) is 9.45. The van der Waals surface area contributed by atoms with E-state index < -0.39 is 17.2 Å². The summed E-state index contributed by atoms with van der Waals surface area (Å²) in [5.74, 6) is -0.616. The van der Waals surface area contributed by atoms with E-state index in [0.717, 1.165) is 11.4 Å². The van der Waals surface area contributed by atoms with Gasteiger partial charge in [0.15, 0.2) is 5.82 Å². The van der Waals surface area contributed by atoms with Gasteiger partial charge in [-0.3, -0.25) is 14.5 Å². The molecule has 8 heteroatoms. The number of benzene rings is 2. The van der Waals surface area contributed by atoms with Gasteiger partial charge in [-0.15, -0.1) is 0 Å². The molecule has 0 unspecified atom stereocenters. The first-order valence-corrected chi connectivity index (χ1v) is 12.1. The van der Waals surface area contributed by atoms with Crippen molar-refractivity contribution >= 4 is 17.7 Å². The fraction of sp³-hybridized carbons (Fsp3) is 0.241. The summed E-state index contributed by atoms with van der Waals surface area (Å²) in [6.45, 7) is 7.45. The van der Waals surface area contributed by atoms with E-state index in [1.54, 1.807) is 29.3 Å². The number of rotatable bonds is 6. The van der Waals surface area contributed by atoms with Crippen LogP contribution in [0.2, 0.25) is 0 Å². The third kappa shape index (κ3) is 4.18. The van der Waals surface area contributed by atoms with Crippen LogP contribution < -0.4 is 4.90 Å². The first kappa shape index (κ1) is 24.4. The number of anilines is 1. The fourth-order valence-corrected chi connectivity index (χ4v) is 4.61. The molecular weight excluding hydrogens is 471 g/mol. The molecule has 1 amide bonds. The number of carbonyl (C=O) groups excluding carboxylic acids is 1. The summed E-state index contributed by atoms with van der Waals surface area (Å²) in [5.41, 5.74) is 2.06. The van der Waals surface area contributed by atoms with Gasteiger partial charge in [-0.1, -0.05) is 30.3 Å². The highest BCUT2D eigenvalue weighted by molar-refractivity contribution is 6.10. The van der Waals surface area contributed by atoms with Crippen LogP contribution in [-0.2, 0) is 16.8 Å². The van der Waals surface area contributed by atoms with E-state index in [2.05, 4.69) is 18.8 Å². The third-order valence-electron chi connectivity index (χ3n) is 6.89. The maximum atomic E-state index is 14.9. The van der Waals surface area contributed by atoms with E-state index >= 15 is 0 Å². The second kappa shape index (κ2) is 8.96. The van der Waals surface area contributed by atoms with Gasteiger partial charge in [-0.2, -0.15) is 0 Å². The molecular formula is C29H27FN4O3. The van der Waals surface area contributed by atoms with Crippen molar-refractivity contribution in [3.63, 3.8) is 0 Å². The summed E-state index contributed by atoms with van der Waals surface area (Å²) >= 11 is 0. The van der Waals surface area contributed by atoms with Gasteiger partial charge in [-0.05, 0) is 68.7 Å². The highest BCUT2D eigenvalue weighted by Crippen LogP contribution is 2.34. The topological polar surface area (TPSA) is 88.3 Å². The van der Waals surface area contributed by atoms with Crippen molar-refractivity contribution in [3.8, 4) is 22.6 Å². The molecule has 4 aromatic rings. The van der Waals surface area contributed by atoms with E-state index in [1.165, 1.54) is 26.0 Å². The summed E-state index contributed by atoms with van der Waals surface area (Å²) in [7, 11) is 0. The number of fused-ring (bicyclic) bond motifs is 1. The highest BCUT2D eigenvalue weighted by atomic mass is 19.1. The molecule has 0 bridgehead atoms. The molecule has 0 atom stereocenters. The molecule has 1 aliphatic heterocycles. The molecule has 0 saturated heterocycles. The lowest BCUT2D eigenvalue weighted by Gasteiger charge is -2.20. The minimum atomic E-state index is -1.36. The number of hydrogen-bond donors (Lipinski definition) is 1. The van der Waals surface area contributed by atoms with Gasteiger partial charge in [0.25, 0.3) is 5.91 Å². The summed E-state index contributed by atoms with van der Waals surface area (Å²) in [6.07, 6.45) is 3.64. The number of halogens is 1. The van der Waals surface area contributed by atoms with Gasteiger partial charge in [0.2, 0.25) is 0 Å². The Hall–Kier alpha value is -4.33. The number of imidazole rings is 1. The van der Waals surface area contributed by atoms with Crippen LogP contribution >= 0.6 is 0 Å². The summed E-state index contributed by atoms with van der Waals surface area (Å²) < 4.78 is 16.9. The molecule has 0 fully saturated rings. The van der Waals surface area contributed by atoms with Gasteiger partial charge in [0, 0.05) is 29.6 Å². The van der Waals surface area contributed by atoms with Crippen molar-refractivity contribution in [2.45, 2.75) is 45.7 Å². The molecule has 2 aromatic heterocycles. The van der Waals surface area contributed by atoms with Crippen LogP contribution in [0.5, 0.6) is 0 Å². The average Bonchev–Trinajstić information content (AvgIpc) is 3.49. The number of carbonyl (C=O) groups is 2. The Morgan fingerprint density at radius 1 is 1.08 bits per heavy atom. The highest BCUT2D eigenvalue weighted by Gasteiger charge is 2.33. The van der Waals surface area contributed by atoms with E-state index in [0.29, 0.717) is 34.7 Å². The maximum Gasteiger partial charge on any atom is 0.313 e. The summed E-state index contributed by atoms with van der Waals surface area (Å²) in [4.78, 5) is 35.8. The first-order valence-electron chi connectivity index (χ1n) is 12.1. The van der Waals surface area contributed by atoms with Gasteiger partial charge in [-0.25, -0.2) is 14.4 Å². The predicted molar refractivity (Wildman–Crippen MR) is 139 cm³/mol. The van der Waals surface area contributed by atoms with Crippen LogP contribution in [0.25, 0.3) is 22.6 Å². The molecule has 7 nitrogen and oxygen atoms in total.